The maximum absolute atomic E-state index is 12.0. The van der Waals surface area contributed by atoms with Crippen LogP contribution in [0.15, 0.2) is 54.6 Å². The van der Waals surface area contributed by atoms with Gasteiger partial charge in [0, 0.05) is 24.0 Å². The van der Waals surface area contributed by atoms with E-state index in [2.05, 4.69) is 0 Å². The van der Waals surface area contributed by atoms with E-state index in [4.69, 9.17) is 11.6 Å². The smallest absolute Gasteiger partial charge is 0.164 e. The zero-order valence-electron chi connectivity index (χ0n) is 10.3. The zero-order chi connectivity index (χ0) is 13.7. The molecule has 96 valence electrons. The molecule has 19 heavy (non-hydrogen) atoms. The Balaban J connectivity index is 1.98. The van der Waals surface area contributed by atoms with Crippen LogP contribution in [-0.4, -0.2) is 11.6 Å². The Labute approximate surface area is 117 Å². The summed E-state index contributed by atoms with van der Waals surface area (Å²) >= 11 is 5.95. The average Bonchev–Trinajstić information content (AvgIpc) is 2.46. The van der Waals surface area contributed by atoms with Gasteiger partial charge in [0.15, 0.2) is 11.6 Å². The first-order valence-corrected chi connectivity index (χ1v) is 6.42. The van der Waals surface area contributed by atoms with Gasteiger partial charge in [-0.15, -0.1) is 0 Å². The van der Waals surface area contributed by atoms with Crippen molar-refractivity contribution in [1.29, 1.82) is 0 Å². The summed E-state index contributed by atoms with van der Waals surface area (Å²) in [6.07, 6.45) is 0.380. The Kier molecular flexibility index (Phi) is 4.48. The molecule has 2 aromatic carbocycles. The van der Waals surface area contributed by atoms with Crippen LogP contribution >= 0.6 is 11.6 Å². The van der Waals surface area contributed by atoms with Gasteiger partial charge in [-0.1, -0.05) is 54.1 Å². The summed E-state index contributed by atoms with van der Waals surface area (Å²) in [6, 6.07) is 15.9. The molecular formula is C16H13ClO2. The van der Waals surface area contributed by atoms with Gasteiger partial charge < -0.3 is 0 Å². The molecule has 0 unspecified atom stereocenters. The third-order valence-corrected chi connectivity index (χ3v) is 3.18. The molecule has 0 heterocycles. The molecule has 0 saturated heterocycles. The Hall–Kier alpha value is -1.93. The lowest BCUT2D eigenvalue weighted by Gasteiger charge is -2.03. The van der Waals surface area contributed by atoms with Crippen molar-refractivity contribution >= 4 is 23.2 Å². The van der Waals surface area contributed by atoms with E-state index in [1.807, 2.05) is 18.2 Å². The normalized spacial score (nSPS) is 10.2. The Bertz CT molecular complexity index is 591. The van der Waals surface area contributed by atoms with Gasteiger partial charge in [-0.2, -0.15) is 0 Å². The number of carbonyl (C=O) groups excluding carboxylic acids is 2. The lowest BCUT2D eigenvalue weighted by atomic mass is 10.0. The molecular weight excluding hydrogens is 260 g/mol. The van der Waals surface area contributed by atoms with Crippen LogP contribution in [0.4, 0.5) is 0 Å². The minimum atomic E-state index is -0.102. The lowest BCUT2D eigenvalue weighted by molar-refractivity contribution is 0.0917. The first-order chi connectivity index (χ1) is 9.18. The molecule has 0 fully saturated rings. The first-order valence-electron chi connectivity index (χ1n) is 6.04. The summed E-state index contributed by atoms with van der Waals surface area (Å²) in [6.45, 7) is 0. The topological polar surface area (TPSA) is 34.1 Å². The van der Waals surface area contributed by atoms with Crippen LogP contribution in [0.1, 0.15) is 33.6 Å². The van der Waals surface area contributed by atoms with Gasteiger partial charge in [-0.25, -0.2) is 0 Å². The van der Waals surface area contributed by atoms with Crippen molar-refractivity contribution in [3.05, 3.63) is 70.7 Å². The molecule has 0 amide bonds. The van der Waals surface area contributed by atoms with Crippen molar-refractivity contribution in [3.63, 3.8) is 0 Å². The second kappa shape index (κ2) is 6.30. The molecule has 0 aromatic heterocycles. The fraction of sp³-hybridized carbons (Fsp3) is 0.125. The second-order valence-corrected chi connectivity index (χ2v) is 4.60. The highest BCUT2D eigenvalue weighted by atomic mass is 35.5. The van der Waals surface area contributed by atoms with Gasteiger partial charge in [0.05, 0.1) is 5.02 Å². The third kappa shape index (κ3) is 3.52. The van der Waals surface area contributed by atoms with Crippen LogP contribution in [0.3, 0.4) is 0 Å². The molecule has 0 aliphatic rings. The molecule has 2 rings (SSSR count). The van der Waals surface area contributed by atoms with Gasteiger partial charge in [0.1, 0.15) is 0 Å². The number of Topliss-reactive ketones (excluding diaryl/α,β-unsaturated/α-hetero) is 2. The summed E-state index contributed by atoms with van der Waals surface area (Å²) in [7, 11) is 0. The SMILES string of the molecule is O=C(CCC(=O)c1ccccc1Cl)c1ccccc1. The molecule has 0 N–H and O–H groups in total. The molecule has 0 radical (unpaired) electrons. The third-order valence-electron chi connectivity index (χ3n) is 2.85. The minimum Gasteiger partial charge on any atom is -0.294 e. The van der Waals surface area contributed by atoms with Gasteiger partial charge in [0.2, 0.25) is 0 Å². The van der Waals surface area contributed by atoms with Gasteiger partial charge in [0.25, 0.3) is 0 Å². The average molecular weight is 273 g/mol. The van der Waals surface area contributed by atoms with Crippen LogP contribution in [-0.2, 0) is 0 Å². The number of ketones is 2. The molecule has 0 aliphatic carbocycles. The molecule has 0 atom stereocenters. The lowest BCUT2D eigenvalue weighted by Crippen LogP contribution is -2.05. The molecule has 0 saturated carbocycles. The first kappa shape index (κ1) is 13.5. The van der Waals surface area contributed by atoms with Gasteiger partial charge in [-0.3, -0.25) is 9.59 Å². The fourth-order valence-electron chi connectivity index (χ4n) is 1.82. The Morgan fingerprint density at radius 1 is 0.789 bits per heavy atom. The number of rotatable bonds is 5. The highest BCUT2D eigenvalue weighted by molar-refractivity contribution is 6.34. The molecule has 0 bridgehead atoms. The number of halogens is 1. The van der Waals surface area contributed by atoms with Gasteiger partial charge >= 0.3 is 0 Å². The van der Waals surface area contributed by atoms with E-state index in [9.17, 15) is 9.59 Å². The number of hydrogen-bond acceptors (Lipinski definition) is 2. The number of benzene rings is 2. The highest BCUT2D eigenvalue weighted by Crippen LogP contribution is 2.18. The van der Waals surface area contributed by atoms with Crippen LogP contribution in [0.25, 0.3) is 0 Å². The summed E-state index contributed by atoms with van der Waals surface area (Å²) in [5.41, 5.74) is 1.11. The maximum Gasteiger partial charge on any atom is 0.164 e. The van der Waals surface area contributed by atoms with Crippen LogP contribution in [0.2, 0.25) is 5.02 Å². The van der Waals surface area contributed by atoms with Gasteiger partial charge in [-0.05, 0) is 12.1 Å². The monoisotopic (exact) mass is 272 g/mol. The molecule has 0 spiro atoms. The van der Waals surface area contributed by atoms with E-state index in [0.29, 0.717) is 16.1 Å². The quantitative estimate of drug-likeness (QED) is 0.765. The second-order valence-electron chi connectivity index (χ2n) is 4.19. The molecule has 0 aliphatic heterocycles. The predicted molar refractivity (Wildman–Crippen MR) is 75.8 cm³/mol. The Morgan fingerprint density at radius 3 is 2.05 bits per heavy atom. The number of hydrogen-bond donors (Lipinski definition) is 0. The standard InChI is InChI=1S/C16H13ClO2/c17-14-9-5-4-8-13(14)16(19)11-10-15(18)12-6-2-1-3-7-12/h1-9H,10-11H2. The summed E-state index contributed by atoms with van der Waals surface area (Å²) in [5, 5.41) is 0.430. The van der Waals surface area contributed by atoms with Crippen LogP contribution in [0, 0.1) is 0 Å². The van der Waals surface area contributed by atoms with E-state index >= 15 is 0 Å². The van der Waals surface area contributed by atoms with Crippen molar-refractivity contribution < 1.29 is 9.59 Å². The number of carbonyl (C=O) groups is 2. The maximum atomic E-state index is 12.0. The van der Waals surface area contributed by atoms with E-state index in [-0.39, 0.29) is 24.4 Å². The van der Waals surface area contributed by atoms with Crippen LogP contribution in [0.5, 0.6) is 0 Å². The van der Waals surface area contributed by atoms with E-state index in [1.54, 1.807) is 36.4 Å². The van der Waals surface area contributed by atoms with Crippen molar-refractivity contribution in [1.82, 2.24) is 0 Å². The van der Waals surface area contributed by atoms with Crippen molar-refractivity contribution in [2.45, 2.75) is 12.8 Å². The minimum absolute atomic E-state index is 0.0268. The molecule has 2 aromatic rings. The highest BCUT2D eigenvalue weighted by Gasteiger charge is 2.12. The van der Waals surface area contributed by atoms with Crippen LogP contribution < -0.4 is 0 Å². The van der Waals surface area contributed by atoms with E-state index in [1.165, 1.54) is 0 Å². The zero-order valence-corrected chi connectivity index (χ0v) is 11.1. The van der Waals surface area contributed by atoms with E-state index in [0.717, 1.165) is 0 Å². The molecule has 3 heteroatoms. The summed E-state index contributed by atoms with van der Waals surface area (Å²) < 4.78 is 0. The Morgan fingerprint density at radius 2 is 1.37 bits per heavy atom. The predicted octanol–water partition coefficient (Wildman–Crippen LogP) is 4.19. The van der Waals surface area contributed by atoms with Crippen molar-refractivity contribution in [2.75, 3.05) is 0 Å². The largest absolute Gasteiger partial charge is 0.294 e. The van der Waals surface area contributed by atoms with Crippen molar-refractivity contribution in [3.8, 4) is 0 Å². The summed E-state index contributed by atoms with van der Waals surface area (Å²) in [5.74, 6) is -0.129. The molecule has 2 nitrogen and oxygen atoms in total. The summed E-state index contributed by atoms with van der Waals surface area (Å²) in [4.78, 5) is 23.8. The van der Waals surface area contributed by atoms with E-state index < -0.39 is 0 Å². The fourth-order valence-corrected chi connectivity index (χ4v) is 2.06. The van der Waals surface area contributed by atoms with Crippen molar-refractivity contribution in [2.24, 2.45) is 0 Å².